The Morgan fingerprint density at radius 1 is 1.23 bits per heavy atom. The summed E-state index contributed by atoms with van der Waals surface area (Å²) in [7, 11) is 1.88. The lowest BCUT2D eigenvalue weighted by Gasteiger charge is -2.13. The van der Waals surface area contributed by atoms with Crippen LogP contribution in [-0.4, -0.2) is 25.4 Å². The third kappa shape index (κ3) is 3.66. The Labute approximate surface area is 173 Å². The van der Waals surface area contributed by atoms with Crippen LogP contribution >= 0.6 is 0 Å². The number of rotatable bonds is 4. The molecule has 0 fully saturated rings. The summed E-state index contributed by atoms with van der Waals surface area (Å²) in [4.78, 5) is 29.5. The Morgan fingerprint density at radius 3 is 2.80 bits per heavy atom. The molecule has 0 unspecified atom stereocenters. The van der Waals surface area contributed by atoms with Gasteiger partial charge in [0.2, 0.25) is 0 Å². The molecule has 1 N–H and O–H groups in total. The molecule has 0 bridgehead atoms. The normalized spacial score (nSPS) is 11.0. The van der Waals surface area contributed by atoms with Crippen molar-refractivity contribution in [2.45, 2.75) is 6.92 Å². The number of carbonyl (C=O) groups is 1. The van der Waals surface area contributed by atoms with Gasteiger partial charge in [0.05, 0.1) is 53.4 Å². The predicted octanol–water partition coefficient (Wildman–Crippen LogP) is 4.48. The lowest BCUT2D eigenvalue weighted by Crippen LogP contribution is -2.13. The fraction of sp³-hybridized carbons (Fsp3) is 0.0870. The third-order valence-electron chi connectivity index (χ3n) is 4.77. The highest BCUT2D eigenvalue weighted by molar-refractivity contribution is 6.13. The molecule has 30 heavy (non-hydrogen) atoms. The van der Waals surface area contributed by atoms with Gasteiger partial charge in [-0.1, -0.05) is 6.08 Å². The number of imidazole rings is 1. The molecule has 0 radical (unpaired) electrons. The predicted molar refractivity (Wildman–Crippen MR) is 117 cm³/mol. The zero-order valence-corrected chi connectivity index (χ0v) is 16.5. The molecule has 3 heterocycles. The molecule has 0 aliphatic rings. The van der Waals surface area contributed by atoms with Crippen LogP contribution in [-0.2, 0) is 7.05 Å². The van der Waals surface area contributed by atoms with E-state index in [2.05, 4.69) is 20.1 Å². The van der Waals surface area contributed by atoms with Gasteiger partial charge in [-0.15, -0.1) is 0 Å². The van der Waals surface area contributed by atoms with Crippen molar-refractivity contribution in [2.75, 3.05) is 5.32 Å². The first-order chi connectivity index (χ1) is 14.6. The number of hydrogen-bond acceptors (Lipinski definition) is 4. The van der Waals surface area contributed by atoms with Gasteiger partial charge in [-0.2, -0.15) is 0 Å². The van der Waals surface area contributed by atoms with Crippen LogP contribution in [0.2, 0.25) is 0 Å². The van der Waals surface area contributed by atoms with E-state index in [9.17, 15) is 4.79 Å². The summed E-state index contributed by atoms with van der Waals surface area (Å²) in [5.74, 6) is -0.261. The Morgan fingerprint density at radius 2 is 2.10 bits per heavy atom. The van der Waals surface area contributed by atoms with Crippen LogP contribution in [0.25, 0.3) is 33.2 Å². The summed E-state index contributed by atoms with van der Waals surface area (Å²) >= 11 is 0. The van der Waals surface area contributed by atoms with Crippen LogP contribution < -0.4 is 5.32 Å². The van der Waals surface area contributed by atoms with Gasteiger partial charge in [-0.3, -0.25) is 9.78 Å². The maximum Gasteiger partial charge on any atom is 0.256 e. The van der Waals surface area contributed by atoms with Crippen LogP contribution in [0.15, 0.2) is 61.4 Å². The maximum atomic E-state index is 13.2. The Balaban J connectivity index is 1.91. The summed E-state index contributed by atoms with van der Waals surface area (Å²) in [5.41, 5.74) is 5.08. The Hall–Kier alpha value is -4.31. The quantitative estimate of drug-likeness (QED) is 0.518. The number of amides is 1. The summed E-state index contributed by atoms with van der Waals surface area (Å²) in [6.45, 7) is 8.95. The second-order valence-corrected chi connectivity index (χ2v) is 6.81. The zero-order valence-electron chi connectivity index (χ0n) is 16.5. The van der Waals surface area contributed by atoms with Gasteiger partial charge in [-0.05, 0) is 48.4 Å². The van der Waals surface area contributed by atoms with Crippen LogP contribution in [0.4, 0.5) is 5.69 Å². The highest BCUT2D eigenvalue weighted by Gasteiger charge is 2.17. The third-order valence-corrected chi connectivity index (χ3v) is 4.77. The van der Waals surface area contributed by atoms with Gasteiger partial charge in [0.1, 0.15) is 0 Å². The van der Waals surface area contributed by atoms with Crippen LogP contribution in [0, 0.1) is 13.5 Å². The van der Waals surface area contributed by atoms with Crippen molar-refractivity contribution < 1.29 is 4.79 Å². The average Bonchev–Trinajstić information content (AvgIpc) is 3.18. The van der Waals surface area contributed by atoms with Crippen molar-refractivity contribution in [3.05, 3.63) is 89.6 Å². The van der Waals surface area contributed by atoms with Crippen LogP contribution in [0.1, 0.15) is 21.5 Å². The standard InChI is InChI=1S/C23H18N6O/c1-15-9-20-18(10-16(15)6-8-24-2)19(23(30)27-17-5-4-7-25-12-17)11-21(28-20)22-13-26-14-29(22)3/h4-14H,1,3H3,(H,27,30)/b8-6+. The molecular formula is C23H18N6O. The van der Waals surface area contributed by atoms with E-state index in [-0.39, 0.29) is 5.91 Å². The Bertz CT molecular complexity index is 1320. The number of aryl methyl sites for hydroxylation is 2. The van der Waals surface area contributed by atoms with E-state index in [1.807, 2.05) is 30.7 Å². The van der Waals surface area contributed by atoms with Crippen molar-refractivity contribution in [1.29, 1.82) is 0 Å². The van der Waals surface area contributed by atoms with E-state index in [4.69, 9.17) is 11.6 Å². The highest BCUT2D eigenvalue weighted by Crippen LogP contribution is 2.28. The van der Waals surface area contributed by atoms with E-state index in [0.29, 0.717) is 27.8 Å². The number of carbonyl (C=O) groups excluding carboxylic acids is 1. The fourth-order valence-electron chi connectivity index (χ4n) is 3.25. The van der Waals surface area contributed by atoms with Crippen LogP contribution in [0.5, 0.6) is 0 Å². The van der Waals surface area contributed by atoms with E-state index in [0.717, 1.165) is 16.8 Å². The zero-order chi connectivity index (χ0) is 21.1. The summed E-state index contributed by atoms with van der Waals surface area (Å²) < 4.78 is 1.86. The minimum atomic E-state index is -0.261. The van der Waals surface area contributed by atoms with Gasteiger partial charge in [0, 0.05) is 18.6 Å². The lowest BCUT2D eigenvalue weighted by molar-refractivity contribution is 0.102. The first-order valence-electron chi connectivity index (χ1n) is 9.23. The van der Waals surface area contributed by atoms with E-state index >= 15 is 0 Å². The number of anilines is 1. The first kappa shape index (κ1) is 19.0. The topological polar surface area (TPSA) is 77.1 Å². The SMILES string of the molecule is [C-]#[N+]/C=C/c1cc2c(C(=O)Nc3cccnc3)cc(-c3cncn3C)nc2cc1C. The molecule has 0 aliphatic carbocycles. The number of nitrogens with one attached hydrogen (secondary N) is 1. The van der Waals surface area contributed by atoms with E-state index < -0.39 is 0 Å². The summed E-state index contributed by atoms with van der Waals surface area (Å²) in [5, 5.41) is 3.60. The minimum absolute atomic E-state index is 0.261. The number of pyridine rings is 2. The summed E-state index contributed by atoms with van der Waals surface area (Å²) in [6, 6.07) is 9.13. The molecule has 0 saturated carbocycles. The molecule has 4 aromatic rings. The molecule has 1 amide bonds. The van der Waals surface area contributed by atoms with Gasteiger partial charge in [0.15, 0.2) is 6.20 Å². The monoisotopic (exact) mass is 394 g/mol. The van der Waals surface area contributed by atoms with Crippen molar-refractivity contribution in [1.82, 2.24) is 19.5 Å². The van der Waals surface area contributed by atoms with Gasteiger partial charge >= 0.3 is 0 Å². The molecule has 3 aromatic heterocycles. The fourth-order valence-corrected chi connectivity index (χ4v) is 3.25. The van der Waals surface area contributed by atoms with Gasteiger partial charge < -0.3 is 9.88 Å². The molecular weight excluding hydrogens is 376 g/mol. The van der Waals surface area contributed by atoms with E-state index in [1.54, 1.807) is 49.2 Å². The lowest BCUT2D eigenvalue weighted by atomic mass is 9.99. The van der Waals surface area contributed by atoms with E-state index in [1.165, 1.54) is 6.20 Å². The maximum absolute atomic E-state index is 13.2. The minimum Gasteiger partial charge on any atom is -0.332 e. The van der Waals surface area contributed by atoms with Crippen molar-refractivity contribution in [3.63, 3.8) is 0 Å². The number of fused-ring (bicyclic) bond motifs is 1. The highest BCUT2D eigenvalue weighted by atomic mass is 16.1. The molecule has 0 saturated heterocycles. The molecule has 1 aromatic carbocycles. The van der Waals surface area contributed by atoms with Gasteiger partial charge in [-0.25, -0.2) is 14.8 Å². The van der Waals surface area contributed by atoms with Crippen molar-refractivity contribution in [2.24, 2.45) is 7.05 Å². The second-order valence-electron chi connectivity index (χ2n) is 6.81. The van der Waals surface area contributed by atoms with Crippen molar-refractivity contribution in [3.8, 4) is 11.4 Å². The second kappa shape index (κ2) is 7.97. The molecule has 0 spiro atoms. The molecule has 4 rings (SSSR count). The molecule has 7 heteroatoms. The summed E-state index contributed by atoms with van der Waals surface area (Å²) in [6.07, 6.45) is 9.80. The number of aromatic nitrogens is 4. The first-order valence-corrected chi connectivity index (χ1v) is 9.23. The molecule has 0 aliphatic heterocycles. The Kier molecular flexibility index (Phi) is 5.06. The van der Waals surface area contributed by atoms with Crippen molar-refractivity contribution >= 4 is 28.6 Å². The number of benzene rings is 1. The average molecular weight is 394 g/mol. The smallest absolute Gasteiger partial charge is 0.256 e. The van der Waals surface area contributed by atoms with Gasteiger partial charge in [0.25, 0.3) is 5.91 Å². The largest absolute Gasteiger partial charge is 0.332 e. The number of hydrogen-bond donors (Lipinski definition) is 1. The molecule has 146 valence electrons. The molecule has 0 atom stereocenters. The van der Waals surface area contributed by atoms with Crippen LogP contribution in [0.3, 0.4) is 0 Å². The molecule has 7 nitrogen and oxygen atoms in total. The number of nitrogens with zero attached hydrogens (tertiary/aromatic N) is 5.